The van der Waals surface area contributed by atoms with E-state index in [-0.39, 0.29) is 5.91 Å². The Kier molecular flexibility index (Phi) is 5.45. The van der Waals surface area contributed by atoms with Gasteiger partial charge in [-0.2, -0.15) is 0 Å². The lowest BCUT2D eigenvalue weighted by atomic mass is 10.1. The molecule has 0 spiro atoms. The van der Waals surface area contributed by atoms with Gasteiger partial charge in [0.2, 0.25) is 0 Å². The third-order valence-corrected chi connectivity index (χ3v) is 3.59. The molecule has 0 aliphatic carbocycles. The van der Waals surface area contributed by atoms with Crippen molar-refractivity contribution in [3.63, 3.8) is 0 Å². The highest BCUT2D eigenvalue weighted by Crippen LogP contribution is 2.23. The van der Waals surface area contributed by atoms with Crippen LogP contribution < -0.4 is 5.32 Å². The van der Waals surface area contributed by atoms with Gasteiger partial charge in [0.05, 0.1) is 15.6 Å². The second kappa shape index (κ2) is 7.32. The molecule has 0 unspecified atom stereocenters. The Bertz CT molecular complexity index is 564. The molecule has 0 bridgehead atoms. The van der Waals surface area contributed by atoms with Gasteiger partial charge in [-0.3, -0.25) is 4.79 Å². The van der Waals surface area contributed by atoms with Crippen molar-refractivity contribution in [2.24, 2.45) is 0 Å². The molecule has 20 heavy (non-hydrogen) atoms. The Morgan fingerprint density at radius 3 is 2.25 bits per heavy atom. The molecule has 1 N–H and O–H groups in total. The van der Waals surface area contributed by atoms with Crippen LogP contribution in [0, 0.1) is 0 Å². The van der Waals surface area contributed by atoms with Gasteiger partial charge in [-0.1, -0.05) is 59.6 Å². The summed E-state index contributed by atoms with van der Waals surface area (Å²) in [6.45, 7) is 0.593. The summed E-state index contributed by atoms with van der Waals surface area (Å²) in [4.78, 5) is 12.0. The normalized spacial score (nSPS) is 10.3. The standard InChI is InChI=1S/C16H15Cl2NO/c17-13-9-4-10-14(18)15(13)16(20)19-11-5-8-12-6-2-1-3-7-12/h1-4,6-7,9-10H,5,8,11H2,(H,19,20). The molecule has 2 rings (SSSR count). The number of aryl methyl sites for hydroxylation is 1. The first kappa shape index (κ1) is 14.9. The van der Waals surface area contributed by atoms with Crippen molar-refractivity contribution in [3.8, 4) is 0 Å². The summed E-state index contributed by atoms with van der Waals surface area (Å²) in [6.07, 6.45) is 1.80. The number of amides is 1. The Morgan fingerprint density at radius 1 is 0.950 bits per heavy atom. The SMILES string of the molecule is O=C(NCCCc1ccccc1)c1c(Cl)cccc1Cl. The first-order valence-electron chi connectivity index (χ1n) is 6.44. The zero-order valence-electron chi connectivity index (χ0n) is 10.9. The molecule has 0 fully saturated rings. The third kappa shape index (κ3) is 3.99. The van der Waals surface area contributed by atoms with Gasteiger partial charge >= 0.3 is 0 Å². The van der Waals surface area contributed by atoms with E-state index in [1.807, 2.05) is 18.2 Å². The number of halogens is 2. The summed E-state index contributed by atoms with van der Waals surface area (Å²) in [5.41, 5.74) is 1.60. The van der Waals surface area contributed by atoms with E-state index in [1.54, 1.807) is 18.2 Å². The Morgan fingerprint density at radius 2 is 1.60 bits per heavy atom. The van der Waals surface area contributed by atoms with Crippen molar-refractivity contribution in [1.29, 1.82) is 0 Å². The van der Waals surface area contributed by atoms with Crippen molar-refractivity contribution in [2.45, 2.75) is 12.8 Å². The fourth-order valence-corrected chi connectivity index (χ4v) is 2.51. The smallest absolute Gasteiger partial charge is 0.254 e. The molecular formula is C16H15Cl2NO. The molecule has 0 aliphatic heterocycles. The summed E-state index contributed by atoms with van der Waals surface area (Å²) >= 11 is 12.0. The number of hydrogen-bond donors (Lipinski definition) is 1. The van der Waals surface area contributed by atoms with Gasteiger partial charge in [-0.25, -0.2) is 0 Å². The van der Waals surface area contributed by atoms with Crippen LogP contribution in [0.3, 0.4) is 0 Å². The Hall–Kier alpha value is -1.51. The minimum absolute atomic E-state index is 0.228. The molecule has 0 saturated heterocycles. The number of nitrogens with one attached hydrogen (secondary N) is 1. The highest BCUT2D eigenvalue weighted by molar-refractivity contribution is 6.39. The number of carbonyl (C=O) groups is 1. The lowest BCUT2D eigenvalue weighted by Gasteiger charge is -2.08. The van der Waals surface area contributed by atoms with E-state index in [1.165, 1.54) is 5.56 Å². The van der Waals surface area contributed by atoms with Crippen molar-refractivity contribution in [1.82, 2.24) is 5.32 Å². The van der Waals surface area contributed by atoms with Crippen LogP contribution in [-0.2, 0) is 6.42 Å². The summed E-state index contributed by atoms with van der Waals surface area (Å²) in [7, 11) is 0. The number of benzene rings is 2. The topological polar surface area (TPSA) is 29.1 Å². The number of rotatable bonds is 5. The molecule has 0 saturated carbocycles. The molecule has 0 radical (unpaired) electrons. The van der Waals surface area contributed by atoms with E-state index in [0.717, 1.165) is 12.8 Å². The van der Waals surface area contributed by atoms with Crippen LogP contribution in [-0.4, -0.2) is 12.5 Å². The van der Waals surface area contributed by atoms with E-state index in [9.17, 15) is 4.79 Å². The molecule has 2 aromatic carbocycles. The molecule has 0 aliphatic rings. The van der Waals surface area contributed by atoms with E-state index < -0.39 is 0 Å². The predicted octanol–water partition coefficient (Wildman–Crippen LogP) is 4.36. The van der Waals surface area contributed by atoms with Crippen molar-refractivity contribution >= 4 is 29.1 Å². The Labute approximate surface area is 128 Å². The minimum atomic E-state index is -0.228. The van der Waals surface area contributed by atoms with Crippen LogP contribution in [0.1, 0.15) is 22.3 Å². The van der Waals surface area contributed by atoms with Crippen LogP contribution in [0.4, 0.5) is 0 Å². The number of carbonyl (C=O) groups excluding carboxylic acids is 1. The average molecular weight is 308 g/mol. The molecule has 4 heteroatoms. The van der Waals surface area contributed by atoms with Gasteiger partial charge in [-0.05, 0) is 30.5 Å². The van der Waals surface area contributed by atoms with Crippen molar-refractivity contribution < 1.29 is 4.79 Å². The maximum absolute atomic E-state index is 12.0. The fraction of sp³-hybridized carbons (Fsp3) is 0.188. The molecule has 0 atom stereocenters. The highest BCUT2D eigenvalue weighted by atomic mass is 35.5. The maximum Gasteiger partial charge on any atom is 0.254 e. The van der Waals surface area contributed by atoms with Crippen LogP contribution in [0.25, 0.3) is 0 Å². The van der Waals surface area contributed by atoms with Crippen LogP contribution >= 0.6 is 23.2 Å². The average Bonchev–Trinajstić information content (AvgIpc) is 2.44. The molecular weight excluding hydrogens is 293 g/mol. The lowest BCUT2D eigenvalue weighted by Crippen LogP contribution is -2.25. The minimum Gasteiger partial charge on any atom is -0.352 e. The molecule has 104 valence electrons. The zero-order valence-corrected chi connectivity index (χ0v) is 12.4. The van der Waals surface area contributed by atoms with E-state index in [0.29, 0.717) is 22.2 Å². The predicted molar refractivity (Wildman–Crippen MR) is 83.6 cm³/mol. The van der Waals surface area contributed by atoms with Gasteiger partial charge in [0.15, 0.2) is 0 Å². The summed E-state index contributed by atoms with van der Waals surface area (Å²) < 4.78 is 0. The first-order valence-corrected chi connectivity index (χ1v) is 7.20. The second-order valence-corrected chi connectivity index (χ2v) is 5.26. The molecule has 0 aromatic heterocycles. The summed E-state index contributed by atoms with van der Waals surface area (Å²) in [6, 6.07) is 15.2. The quantitative estimate of drug-likeness (QED) is 0.817. The number of hydrogen-bond acceptors (Lipinski definition) is 1. The van der Waals surface area contributed by atoms with Gasteiger partial charge in [0.1, 0.15) is 0 Å². The van der Waals surface area contributed by atoms with E-state index in [2.05, 4.69) is 17.4 Å². The van der Waals surface area contributed by atoms with E-state index >= 15 is 0 Å². The second-order valence-electron chi connectivity index (χ2n) is 4.44. The zero-order chi connectivity index (χ0) is 14.4. The lowest BCUT2D eigenvalue weighted by molar-refractivity contribution is 0.0953. The highest BCUT2D eigenvalue weighted by Gasteiger charge is 2.13. The summed E-state index contributed by atoms with van der Waals surface area (Å²) in [5.74, 6) is -0.228. The van der Waals surface area contributed by atoms with Crippen LogP contribution in [0.5, 0.6) is 0 Å². The molecule has 2 nitrogen and oxygen atoms in total. The van der Waals surface area contributed by atoms with Crippen molar-refractivity contribution in [3.05, 3.63) is 69.7 Å². The maximum atomic E-state index is 12.0. The summed E-state index contributed by atoms with van der Waals surface area (Å²) in [5, 5.41) is 3.59. The third-order valence-electron chi connectivity index (χ3n) is 2.96. The van der Waals surface area contributed by atoms with Crippen LogP contribution in [0.2, 0.25) is 10.0 Å². The molecule has 1 amide bonds. The van der Waals surface area contributed by atoms with Crippen LogP contribution in [0.15, 0.2) is 48.5 Å². The van der Waals surface area contributed by atoms with Crippen molar-refractivity contribution in [2.75, 3.05) is 6.54 Å². The fourth-order valence-electron chi connectivity index (χ4n) is 1.94. The molecule has 0 heterocycles. The van der Waals surface area contributed by atoms with Gasteiger partial charge in [0.25, 0.3) is 5.91 Å². The van der Waals surface area contributed by atoms with E-state index in [4.69, 9.17) is 23.2 Å². The van der Waals surface area contributed by atoms with Gasteiger partial charge in [-0.15, -0.1) is 0 Å². The Balaban J connectivity index is 1.84. The molecule has 2 aromatic rings. The largest absolute Gasteiger partial charge is 0.352 e. The monoisotopic (exact) mass is 307 g/mol. The van der Waals surface area contributed by atoms with Gasteiger partial charge < -0.3 is 5.32 Å². The first-order chi connectivity index (χ1) is 9.68. The van der Waals surface area contributed by atoms with Gasteiger partial charge in [0, 0.05) is 6.54 Å².